The lowest BCUT2D eigenvalue weighted by atomic mass is 10.1. The minimum Gasteiger partial charge on any atom is -0.454 e. The van der Waals surface area contributed by atoms with Gasteiger partial charge in [-0.1, -0.05) is 24.3 Å². The van der Waals surface area contributed by atoms with Gasteiger partial charge in [0, 0.05) is 37.4 Å². The molecule has 0 radical (unpaired) electrons. The summed E-state index contributed by atoms with van der Waals surface area (Å²) in [4.78, 5) is 10.1. The molecule has 2 aromatic heterocycles. The molecule has 0 saturated heterocycles. The lowest BCUT2D eigenvalue weighted by molar-refractivity contribution is 0.174. The fraction of sp³-hybridized carbons (Fsp3) is 0.227. The van der Waals surface area contributed by atoms with Crippen LogP contribution in [0.15, 0.2) is 60.5 Å². The van der Waals surface area contributed by atoms with Crippen LogP contribution in [-0.4, -0.2) is 34.8 Å². The highest BCUT2D eigenvalue weighted by atomic mass is 16.7. The summed E-state index contributed by atoms with van der Waals surface area (Å²) in [6.45, 7) is 3.29. The fourth-order valence-corrected chi connectivity index (χ4v) is 3.63. The highest BCUT2D eigenvalue weighted by Crippen LogP contribution is 2.33. The summed E-state index contributed by atoms with van der Waals surface area (Å²) in [5.41, 5.74) is 4.79. The number of aromatic nitrogens is 2. The predicted octanol–water partition coefficient (Wildman–Crippen LogP) is 4.14. The van der Waals surface area contributed by atoms with Crippen molar-refractivity contribution >= 4 is 17.1 Å². The van der Waals surface area contributed by atoms with Crippen LogP contribution in [0.25, 0.3) is 17.1 Å². The summed E-state index contributed by atoms with van der Waals surface area (Å²) in [6.07, 6.45) is 11.6. The van der Waals surface area contributed by atoms with E-state index in [-0.39, 0.29) is 0 Å². The molecule has 2 aliphatic rings. The first-order valence-electron chi connectivity index (χ1n) is 9.25. The van der Waals surface area contributed by atoms with E-state index in [1.165, 1.54) is 16.5 Å². The van der Waals surface area contributed by atoms with E-state index < -0.39 is 0 Å². The average Bonchev–Trinajstić information content (AvgIpc) is 3.34. The second-order valence-corrected chi connectivity index (χ2v) is 6.92. The Morgan fingerprint density at radius 2 is 2.11 bits per heavy atom. The summed E-state index contributed by atoms with van der Waals surface area (Å²) in [7, 11) is 0. The van der Waals surface area contributed by atoms with Crippen molar-refractivity contribution in [3.8, 4) is 11.5 Å². The zero-order valence-corrected chi connectivity index (χ0v) is 15.0. The van der Waals surface area contributed by atoms with Crippen molar-refractivity contribution in [2.24, 2.45) is 0 Å². The van der Waals surface area contributed by atoms with Gasteiger partial charge in [0.15, 0.2) is 11.5 Å². The maximum Gasteiger partial charge on any atom is 0.231 e. The summed E-state index contributed by atoms with van der Waals surface area (Å²) < 4.78 is 10.8. The van der Waals surface area contributed by atoms with E-state index in [2.05, 4.69) is 51.4 Å². The van der Waals surface area contributed by atoms with Crippen LogP contribution in [0, 0.1) is 0 Å². The first-order valence-corrected chi connectivity index (χ1v) is 9.25. The van der Waals surface area contributed by atoms with Crippen molar-refractivity contribution < 1.29 is 9.47 Å². The van der Waals surface area contributed by atoms with Gasteiger partial charge in [-0.2, -0.15) is 0 Å². The van der Waals surface area contributed by atoms with Gasteiger partial charge in [-0.15, -0.1) is 0 Å². The molecule has 5 nitrogen and oxygen atoms in total. The molecule has 5 rings (SSSR count). The van der Waals surface area contributed by atoms with Crippen molar-refractivity contribution in [2.45, 2.75) is 13.0 Å². The van der Waals surface area contributed by atoms with Gasteiger partial charge in [-0.3, -0.25) is 4.90 Å². The van der Waals surface area contributed by atoms with Gasteiger partial charge in [0.1, 0.15) is 5.65 Å². The smallest absolute Gasteiger partial charge is 0.231 e. The topological polar surface area (TPSA) is 50.4 Å². The molecule has 0 spiro atoms. The first kappa shape index (κ1) is 16.1. The predicted molar refractivity (Wildman–Crippen MR) is 106 cm³/mol. The van der Waals surface area contributed by atoms with E-state index in [9.17, 15) is 0 Å². The number of ether oxygens (including phenoxy) is 2. The second-order valence-electron chi connectivity index (χ2n) is 6.92. The van der Waals surface area contributed by atoms with Crippen LogP contribution in [-0.2, 0) is 6.54 Å². The van der Waals surface area contributed by atoms with Crippen LogP contribution < -0.4 is 9.47 Å². The lowest BCUT2D eigenvalue weighted by Crippen LogP contribution is -2.27. The van der Waals surface area contributed by atoms with Gasteiger partial charge in [0.05, 0.1) is 0 Å². The third-order valence-corrected chi connectivity index (χ3v) is 5.15. The van der Waals surface area contributed by atoms with Crippen molar-refractivity contribution in [3.63, 3.8) is 0 Å². The third-order valence-electron chi connectivity index (χ3n) is 5.15. The quantitative estimate of drug-likeness (QED) is 0.761. The number of hydrogen-bond donors (Lipinski definition) is 1. The largest absolute Gasteiger partial charge is 0.454 e. The molecule has 5 heteroatoms. The molecule has 1 aromatic carbocycles. The van der Waals surface area contributed by atoms with Crippen molar-refractivity contribution in [1.82, 2.24) is 14.9 Å². The number of rotatable bonds is 4. The molecule has 3 aromatic rings. The van der Waals surface area contributed by atoms with E-state index in [0.717, 1.165) is 48.8 Å². The molecule has 27 heavy (non-hydrogen) atoms. The van der Waals surface area contributed by atoms with Crippen LogP contribution in [0.1, 0.15) is 17.5 Å². The van der Waals surface area contributed by atoms with Crippen LogP contribution in [0.2, 0.25) is 0 Å². The zero-order valence-electron chi connectivity index (χ0n) is 15.0. The molecular formula is C22H21N3O2. The normalized spacial score (nSPS) is 17.0. The fourth-order valence-electron chi connectivity index (χ4n) is 3.63. The molecule has 1 N–H and O–H groups in total. The number of fused-ring (bicyclic) bond motifs is 2. The maximum atomic E-state index is 5.44. The molecule has 0 fully saturated rings. The van der Waals surface area contributed by atoms with E-state index in [0.29, 0.717) is 6.79 Å². The van der Waals surface area contributed by atoms with Crippen molar-refractivity contribution in [1.29, 1.82) is 0 Å². The minimum absolute atomic E-state index is 0.315. The minimum atomic E-state index is 0.315. The Labute approximate surface area is 157 Å². The average molecular weight is 359 g/mol. The Balaban J connectivity index is 1.23. The SMILES string of the molecule is C1=C(/C=C/c2ccc3c(c2)OCO3)CCN(Cc2c[nH]c3ncccc23)C1. The number of H-pyrrole nitrogens is 1. The highest BCUT2D eigenvalue weighted by Gasteiger charge is 2.14. The molecule has 0 atom stereocenters. The number of hydrogen-bond acceptors (Lipinski definition) is 4. The van der Waals surface area contributed by atoms with Crippen LogP contribution in [0.5, 0.6) is 11.5 Å². The summed E-state index contributed by atoms with van der Waals surface area (Å²) in [6, 6.07) is 10.2. The maximum absolute atomic E-state index is 5.44. The molecule has 136 valence electrons. The molecule has 2 aliphatic heterocycles. The Morgan fingerprint density at radius 3 is 3.04 bits per heavy atom. The third kappa shape index (κ3) is 3.34. The molecule has 0 aliphatic carbocycles. The van der Waals surface area contributed by atoms with Gasteiger partial charge in [-0.05, 0) is 47.4 Å². The number of pyridine rings is 1. The number of nitrogens with one attached hydrogen (secondary N) is 1. The summed E-state index contributed by atoms with van der Waals surface area (Å²) in [5, 5.41) is 1.22. The lowest BCUT2D eigenvalue weighted by Gasteiger charge is -2.25. The van der Waals surface area contributed by atoms with E-state index >= 15 is 0 Å². The van der Waals surface area contributed by atoms with E-state index in [1.807, 2.05) is 24.4 Å². The number of aromatic amines is 1. The standard InChI is InChI=1S/C22H21N3O2/c1-2-19-18(13-24-22(19)23-9-1)14-25-10-7-16(8-11-25)3-4-17-5-6-20-21(12-17)27-15-26-20/h1-7,9,12-13H,8,10-11,14-15H2,(H,23,24)/b4-3+. The van der Waals surface area contributed by atoms with E-state index in [4.69, 9.17) is 9.47 Å². The van der Waals surface area contributed by atoms with E-state index in [1.54, 1.807) is 0 Å². The molecule has 4 heterocycles. The number of allylic oxidation sites excluding steroid dienone is 1. The van der Waals surface area contributed by atoms with Crippen LogP contribution >= 0.6 is 0 Å². The van der Waals surface area contributed by atoms with Crippen molar-refractivity contribution in [2.75, 3.05) is 19.9 Å². The zero-order chi connectivity index (χ0) is 18.1. The van der Waals surface area contributed by atoms with Gasteiger partial charge in [0.2, 0.25) is 6.79 Å². The molecule has 0 amide bonds. The Morgan fingerprint density at radius 1 is 1.15 bits per heavy atom. The Bertz CT molecular complexity index is 1030. The van der Waals surface area contributed by atoms with Gasteiger partial charge < -0.3 is 14.5 Å². The monoisotopic (exact) mass is 359 g/mol. The van der Waals surface area contributed by atoms with Crippen LogP contribution in [0.3, 0.4) is 0 Å². The van der Waals surface area contributed by atoms with Gasteiger partial charge in [-0.25, -0.2) is 4.98 Å². The molecule has 0 unspecified atom stereocenters. The highest BCUT2D eigenvalue weighted by molar-refractivity contribution is 5.79. The van der Waals surface area contributed by atoms with Gasteiger partial charge >= 0.3 is 0 Å². The number of nitrogens with zero attached hydrogens (tertiary/aromatic N) is 2. The number of benzene rings is 1. The van der Waals surface area contributed by atoms with Crippen molar-refractivity contribution in [3.05, 3.63) is 71.6 Å². The van der Waals surface area contributed by atoms with Crippen LogP contribution in [0.4, 0.5) is 0 Å². The molecule has 0 saturated carbocycles. The molecular weight excluding hydrogens is 338 g/mol. The molecule has 0 bridgehead atoms. The first-order chi connectivity index (χ1) is 13.3. The summed E-state index contributed by atoms with van der Waals surface area (Å²) in [5.74, 6) is 1.65. The Kier molecular flexibility index (Phi) is 4.14. The summed E-state index contributed by atoms with van der Waals surface area (Å²) >= 11 is 0. The van der Waals surface area contributed by atoms with Gasteiger partial charge in [0.25, 0.3) is 0 Å². The Hall–Kier alpha value is -3.05. The second kappa shape index (κ2) is 6.93.